The van der Waals surface area contributed by atoms with Gasteiger partial charge < -0.3 is 28.6 Å². The van der Waals surface area contributed by atoms with Gasteiger partial charge in [0.1, 0.15) is 23.1 Å². The molecule has 1 spiro atoms. The Bertz CT molecular complexity index is 2220. The average molecular weight is 702 g/mol. The highest BCUT2D eigenvalue weighted by Gasteiger charge is 2.50. The minimum Gasteiger partial charge on any atom is -0.497 e. The van der Waals surface area contributed by atoms with E-state index < -0.39 is 22.7 Å². The first-order valence-corrected chi connectivity index (χ1v) is 18.1. The van der Waals surface area contributed by atoms with Crippen LogP contribution in [-0.4, -0.2) is 47.6 Å². The molecule has 2 aliphatic carbocycles. The van der Waals surface area contributed by atoms with E-state index in [-0.39, 0.29) is 0 Å². The maximum atomic E-state index is 16.3. The number of halogens is 2. The number of benzene rings is 5. The third kappa shape index (κ3) is 4.83. The van der Waals surface area contributed by atoms with Crippen LogP contribution < -0.4 is 23.8 Å². The molecule has 5 aromatic carbocycles. The molecule has 2 heterocycles. The van der Waals surface area contributed by atoms with E-state index in [9.17, 15) is 0 Å². The number of hydrogen-bond donors (Lipinski definition) is 0. The van der Waals surface area contributed by atoms with Crippen LogP contribution in [0, 0.1) is 11.6 Å². The second-order valence-corrected chi connectivity index (χ2v) is 14.2. The first kappa shape index (κ1) is 32.8. The van der Waals surface area contributed by atoms with Crippen LogP contribution in [0.1, 0.15) is 59.9 Å². The maximum absolute atomic E-state index is 16.3. The monoisotopic (exact) mass is 701 g/mol. The van der Waals surface area contributed by atoms with Gasteiger partial charge in [0, 0.05) is 57.9 Å². The van der Waals surface area contributed by atoms with Crippen LogP contribution in [-0.2, 0) is 15.8 Å². The molecule has 6 nitrogen and oxygen atoms in total. The molecule has 52 heavy (non-hydrogen) atoms. The zero-order valence-electron chi connectivity index (χ0n) is 29.7. The van der Waals surface area contributed by atoms with Gasteiger partial charge in [-0.25, -0.2) is 8.78 Å². The predicted octanol–water partition coefficient (Wildman–Crippen LogP) is 9.56. The number of nitrogens with zero attached hydrogens (tertiary/aromatic N) is 1. The van der Waals surface area contributed by atoms with Gasteiger partial charge in [-0.15, -0.1) is 0 Å². The van der Waals surface area contributed by atoms with E-state index in [0.29, 0.717) is 41.6 Å². The lowest BCUT2D eigenvalue weighted by Crippen LogP contribution is -2.37. The van der Waals surface area contributed by atoms with Crippen molar-refractivity contribution in [3.05, 3.63) is 118 Å². The number of anilines is 1. The summed E-state index contributed by atoms with van der Waals surface area (Å²) in [6, 6.07) is 23.0. The lowest BCUT2D eigenvalue weighted by atomic mass is 9.66. The van der Waals surface area contributed by atoms with E-state index in [0.717, 1.165) is 101 Å². The largest absolute Gasteiger partial charge is 0.497 e. The SMILES string of the molecule is COc1ccc(C2(c3ccc(N4CCOCC4)cc3)C=Cc3c4c(c5cc(OC)c(OC)cc5c3O2)-c2cc(F)cc(F)c2C42CCCCC2)cc1. The van der Waals surface area contributed by atoms with Gasteiger partial charge in [-0.3, -0.25) is 0 Å². The molecule has 1 saturated carbocycles. The summed E-state index contributed by atoms with van der Waals surface area (Å²) in [7, 11) is 4.87. The number of hydrogen-bond acceptors (Lipinski definition) is 6. The highest BCUT2D eigenvalue weighted by molar-refractivity contribution is 6.09. The predicted molar refractivity (Wildman–Crippen MR) is 199 cm³/mol. The standard InChI is InChI=1S/C44H41F2NO5/c1-48-31-13-9-28(10-14-31)44(27-7-11-30(12-8-27)47-19-21-51-22-20-47)18-15-32-41-39(33-25-37(49-2)38(50-3)26-34(33)42(32)52-44)35-23-29(45)24-36(46)40(35)43(41)16-5-4-6-17-43/h7-15,18,23-26H,4-6,16-17,19-22H2,1-3H3. The quantitative estimate of drug-likeness (QED) is 0.176. The number of morpholine rings is 1. The van der Waals surface area contributed by atoms with Gasteiger partial charge in [0.05, 0.1) is 34.5 Å². The zero-order chi connectivity index (χ0) is 35.6. The van der Waals surface area contributed by atoms with Crippen LogP contribution in [0.3, 0.4) is 0 Å². The van der Waals surface area contributed by atoms with E-state index in [1.165, 1.54) is 6.07 Å². The zero-order valence-corrected chi connectivity index (χ0v) is 29.7. The van der Waals surface area contributed by atoms with E-state index in [1.807, 2.05) is 36.4 Å². The molecular weight excluding hydrogens is 660 g/mol. The first-order chi connectivity index (χ1) is 25.4. The van der Waals surface area contributed by atoms with Gasteiger partial charge in [0.25, 0.3) is 0 Å². The van der Waals surface area contributed by atoms with Gasteiger partial charge in [0.15, 0.2) is 17.1 Å². The van der Waals surface area contributed by atoms with Crippen molar-refractivity contribution < 1.29 is 32.5 Å². The van der Waals surface area contributed by atoms with Crippen molar-refractivity contribution in [1.29, 1.82) is 0 Å². The summed E-state index contributed by atoms with van der Waals surface area (Å²) in [6.07, 6.45) is 8.79. The molecule has 0 aromatic heterocycles. The van der Waals surface area contributed by atoms with Crippen LogP contribution in [0.4, 0.5) is 14.5 Å². The second-order valence-electron chi connectivity index (χ2n) is 14.2. The highest BCUT2D eigenvalue weighted by atomic mass is 19.1. The molecule has 0 amide bonds. The number of rotatable bonds is 6. The third-order valence-corrected chi connectivity index (χ3v) is 11.7. The average Bonchev–Trinajstić information content (AvgIpc) is 3.46. The van der Waals surface area contributed by atoms with Crippen molar-refractivity contribution in [2.75, 3.05) is 52.5 Å². The Morgan fingerprint density at radius 2 is 1.37 bits per heavy atom. The molecule has 1 saturated heterocycles. The Hall–Kier alpha value is -5.08. The normalized spacial score (nSPS) is 19.9. The van der Waals surface area contributed by atoms with Gasteiger partial charge in [-0.2, -0.15) is 0 Å². The van der Waals surface area contributed by atoms with Crippen molar-refractivity contribution in [1.82, 2.24) is 0 Å². The van der Waals surface area contributed by atoms with Gasteiger partial charge in [0.2, 0.25) is 0 Å². The molecule has 2 fully saturated rings. The molecule has 2 aliphatic heterocycles. The topological polar surface area (TPSA) is 49.4 Å². The molecule has 0 N–H and O–H groups in total. The Balaban J connectivity index is 1.33. The minimum absolute atomic E-state index is 0.496. The van der Waals surface area contributed by atoms with Crippen LogP contribution >= 0.6 is 0 Å². The molecule has 1 unspecified atom stereocenters. The fourth-order valence-electron chi connectivity index (χ4n) is 9.34. The van der Waals surface area contributed by atoms with Crippen LogP contribution in [0.15, 0.2) is 78.9 Å². The smallest absolute Gasteiger partial charge is 0.178 e. The van der Waals surface area contributed by atoms with Gasteiger partial charge >= 0.3 is 0 Å². The van der Waals surface area contributed by atoms with Crippen LogP contribution in [0.2, 0.25) is 0 Å². The van der Waals surface area contributed by atoms with Crippen molar-refractivity contribution in [3.8, 4) is 34.1 Å². The Kier molecular flexibility index (Phi) is 7.92. The first-order valence-electron chi connectivity index (χ1n) is 18.1. The minimum atomic E-state index is -1.03. The molecule has 0 radical (unpaired) electrons. The molecule has 4 aliphatic rings. The maximum Gasteiger partial charge on any atom is 0.178 e. The molecule has 0 bridgehead atoms. The summed E-state index contributed by atoms with van der Waals surface area (Å²) in [5.74, 6) is 1.40. The summed E-state index contributed by atoms with van der Waals surface area (Å²) < 4.78 is 61.8. The van der Waals surface area contributed by atoms with Gasteiger partial charge in [-0.05, 0) is 83.5 Å². The van der Waals surface area contributed by atoms with Crippen molar-refractivity contribution >= 4 is 22.5 Å². The lowest BCUT2D eigenvalue weighted by molar-refractivity contribution is 0.122. The summed E-state index contributed by atoms with van der Waals surface area (Å²) in [5.41, 5.74) is 5.28. The molecule has 9 rings (SSSR count). The Morgan fingerprint density at radius 3 is 2.02 bits per heavy atom. The lowest BCUT2D eigenvalue weighted by Gasteiger charge is -2.41. The van der Waals surface area contributed by atoms with Crippen LogP contribution in [0.5, 0.6) is 23.0 Å². The Morgan fingerprint density at radius 1 is 0.712 bits per heavy atom. The highest BCUT2D eigenvalue weighted by Crippen LogP contribution is 2.63. The number of fused-ring (bicyclic) bond motifs is 10. The second kappa shape index (κ2) is 12.6. The summed E-state index contributed by atoms with van der Waals surface area (Å²) in [5, 5.41) is 1.59. The summed E-state index contributed by atoms with van der Waals surface area (Å²) in [6.45, 7) is 3.08. The summed E-state index contributed by atoms with van der Waals surface area (Å²) >= 11 is 0. The van der Waals surface area contributed by atoms with Crippen LogP contribution in [0.25, 0.3) is 28.0 Å². The molecule has 5 aromatic rings. The van der Waals surface area contributed by atoms with E-state index in [2.05, 4.69) is 41.3 Å². The van der Waals surface area contributed by atoms with Crippen molar-refractivity contribution in [2.24, 2.45) is 0 Å². The fraction of sp³-hybridized carbons (Fsp3) is 0.318. The van der Waals surface area contributed by atoms with Gasteiger partial charge in [-0.1, -0.05) is 49.6 Å². The van der Waals surface area contributed by atoms with E-state index in [4.69, 9.17) is 23.7 Å². The third-order valence-electron chi connectivity index (χ3n) is 11.7. The fourth-order valence-corrected chi connectivity index (χ4v) is 9.34. The number of methoxy groups -OCH3 is 3. The van der Waals surface area contributed by atoms with Crippen molar-refractivity contribution in [3.63, 3.8) is 0 Å². The number of ether oxygens (including phenoxy) is 5. The summed E-state index contributed by atoms with van der Waals surface area (Å²) in [4.78, 5) is 2.33. The van der Waals surface area contributed by atoms with E-state index in [1.54, 1.807) is 21.3 Å². The van der Waals surface area contributed by atoms with E-state index >= 15 is 8.78 Å². The van der Waals surface area contributed by atoms with Crippen molar-refractivity contribution in [2.45, 2.75) is 43.1 Å². The molecule has 8 heteroatoms. The molecule has 1 atom stereocenters. The molecular formula is C44H41F2NO5. The molecule has 266 valence electrons. The Labute approximate surface area is 302 Å².